The number of aromatic carboxylic acids is 1. The van der Waals surface area contributed by atoms with E-state index in [0.29, 0.717) is 11.3 Å². The van der Waals surface area contributed by atoms with Crippen molar-refractivity contribution in [1.29, 1.82) is 0 Å². The highest BCUT2D eigenvalue weighted by Gasteiger charge is 2.08. The van der Waals surface area contributed by atoms with Crippen molar-refractivity contribution in [3.8, 4) is 0 Å². The first kappa shape index (κ1) is 9.60. The zero-order valence-electron chi connectivity index (χ0n) is 6.56. The molecule has 4 nitrogen and oxygen atoms in total. The van der Waals surface area contributed by atoms with Crippen LogP contribution < -0.4 is 4.72 Å². The second-order valence-corrected chi connectivity index (χ2v) is 3.02. The monoisotopic (exact) mass is 197 g/mol. The number of carbonyl (C=O) groups excluding carboxylic acids is 1. The van der Waals surface area contributed by atoms with Gasteiger partial charge in [0, 0.05) is 4.90 Å². The summed E-state index contributed by atoms with van der Waals surface area (Å²) in [5.41, 5.74) is 0.182. The van der Waals surface area contributed by atoms with E-state index >= 15 is 0 Å². The van der Waals surface area contributed by atoms with Crippen molar-refractivity contribution in [2.45, 2.75) is 4.90 Å². The number of benzene rings is 1. The molecule has 0 saturated carbocycles. The average Bonchev–Trinajstić information content (AvgIpc) is 2.15. The standard InChI is InChI=1S/C8H7NO3S/c10-5-9-13-7-4-2-1-3-6(7)8(11)12/h1-5H,(H,9,10)(H,11,12). The van der Waals surface area contributed by atoms with Crippen LogP contribution in [0.4, 0.5) is 0 Å². The van der Waals surface area contributed by atoms with E-state index in [-0.39, 0.29) is 5.56 Å². The molecule has 0 heterocycles. The van der Waals surface area contributed by atoms with Crippen LogP contribution in [0.1, 0.15) is 10.4 Å². The maximum Gasteiger partial charge on any atom is 0.336 e. The molecule has 2 N–H and O–H groups in total. The van der Waals surface area contributed by atoms with Gasteiger partial charge in [0.1, 0.15) is 0 Å². The van der Waals surface area contributed by atoms with E-state index in [1.807, 2.05) is 0 Å². The lowest BCUT2D eigenvalue weighted by molar-refractivity contribution is -0.107. The largest absolute Gasteiger partial charge is 0.478 e. The van der Waals surface area contributed by atoms with Crippen LogP contribution in [0.15, 0.2) is 29.2 Å². The average molecular weight is 197 g/mol. The Morgan fingerprint density at radius 2 is 2.15 bits per heavy atom. The van der Waals surface area contributed by atoms with Gasteiger partial charge in [-0.15, -0.1) is 0 Å². The fourth-order valence-electron chi connectivity index (χ4n) is 0.820. The summed E-state index contributed by atoms with van der Waals surface area (Å²) in [5, 5.41) is 8.74. The number of rotatable bonds is 4. The van der Waals surface area contributed by atoms with Gasteiger partial charge in [-0.05, 0) is 24.1 Å². The third kappa shape index (κ3) is 2.48. The predicted molar refractivity (Wildman–Crippen MR) is 48.5 cm³/mol. The number of carboxylic acids is 1. The van der Waals surface area contributed by atoms with Crippen molar-refractivity contribution >= 4 is 24.3 Å². The molecule has 1 aromatic rings. The van der Waals surface area contributed by atoms with Gasteiger partial charge in [0.15, 0.2) is 0 Å². The highest BCUT2D eigenvalue weighted by molar-refractivity contribution is 7.98. The minimum absolute atomic E-state index is 0.182. The fourth-order valence-corrected chi connectivity index (χ4v) is 1.41. The SMILES string of the molecule is O=CNSc1ccccc1C(=O)O. The second-order valence-electron chi connectivity index (χ2n) is 2.14. The summed E-state index contributed by atoms with van der Waals surface area (Å²) in [6.45, 7) is 0. The van der Waals surface area contributed by atoms with Crippen molar-refractivity contribution in [3.63, 3.8) is 0 Å². The van der Waals surface area contributed by atoms with Crippen LogP contribution in [-0.2, 0) is 4.79 Å². The van der Waals surface area contributed by atoms with Gasteiger partial charge in [-0.25, -0.2) is 4.79 Å². The Labute approximate surface area is 79.1 Å². The predicted octanol–water partition coefficient (Wildman–Crippen LogP) is 1.14. The molecule has 1 aromatic carbocycles. The van der Waals surface area contributed by atoms with Crippen LogP contribution in [0.5, 0.6) is 0 Å². The normalized spacial score (nSPS) is 9.23. The Morgan fingerprint density at radius 3 is 2.77 bits per heavy atom. The molecule has 0 aliphatic heterocycles. The molecular weight excluding hydrogens is 190 g/mol. The molecular formula is C8H7NO3S. The zero-order chi connectivity index (χ0) is 9.68. The van der Waals surface area contributed by atoms with Crippen LogP contribution in [0, 0.1) is 0 Å². The van der Waals surface area contributed by atoms with Crippen LogP contribution in [-0.4, -0.2) is 17.5 Å². The van der Waals surface area contributed by atoms with Gasteiger partial charge in [-0.3, -0.25) is 9.52 Å². The number of hydrogen-bond acceptors (Lipinski definition) is 3. The summed E-state index contributed by atoms with van der Waals surface area (Å²) in [6.07, 6.45) is 0.503. The summed E-state index contributed by atoms with van der Waals surface area (Å²) in [5.74, 6) is -1.00. The molecule has 68 valence electrons. The van der Waals surface area contributed by atoms with E-state index in [2.05, 4.69) is 4.72 Å². The van der Waals surface area contributed by atoms with Gasteiger partial charge >= 0.3 is 5.97 Å². The molecule has 0 spiro atoms. The molecule has 0 aliphatic carbocycles. The van der Waals surface area contributed by atoms with Crippen molar-refractivity contribution in [3.05, 3.63) is 29.8 Å². The number of carboxylic acid groups (broad SMARTS) is 1. The molecule has 0 atom stereocenters. The van der Waals surface area contributed by atoms with Crippen molar-refractivity contribution < 1.29 is 14.7 Å². The quantitative estimate of drug-likeness (QED) is 0.561. The van der Waals surface area contributed by atoms with E-state index in [0.717, 1.165) is 11.9 Å². The van der Waals surface area contributed by atoms with E-state index in [9.17, 15) is 9.59 Å². The van der Waals surface area contributed by atoms with Gasteiger partial charge in [0.25, 0.3) is 0 Å². The van der Waals surface area contributed by atoms with Crippen LogP contribution in [0.3, 0.4) is 0 Å². The van der Waals surface area contributed by atoms with Crippen LogP contribution >= 0.6 is 11.9 Å². The summed E-state index contributed by atoms with van der Waals surface area (Å²) >= 11 is 0.976. The van der Waals surface area contributed by atoms with Gasteiger partial charge in [0.05, 0.1) is 5.56 Å². The molecule has 13 heavy (non-hydrogen) atoms. The van der Waals surface area contributed by atoms with E-state index < -0.39 is 5.97 Å². The molecule has 0 saturated heterocycles. The molecule has 0 unspecified atom stereocenters. The molecule has 0 radical (unpaired) electrons. The number of carbonyl (C=O) groups is 2. The van der Waals surface area contributed by atoms with E-state index in [1.165, 1.54) is 6.07 Å². The second kappa shape index (κ2) is 4.51. The molecule has 1 rings (SSSR count). The highest BCUT2D eigenvalue weighted by Crippen LogP contribution is 2.18. The Hall–Kier alpha value is -1.49. The third-order valence-corrected chi connectivity index (χ3v) is 2.12. The molecule has 5 heteroatoms. The Kier molecular flexibility index (Phi) is 3.33. The van der Waals surface area contributed by atoms with Crippen molar-refractivity contribution in [2.24, 2.45) is 0 Å². The minimum atomic E-state index is -1.00. The Balaban J connectivity index is 2.90. The van der Waals surface area contributed by atoms with Gasteiger partial charge in [0.2, 0.25) is 6.41 Å². The number of nitrogens with one attached hydrogen (secondary N) is 1. The van der Waals surface area contributed by atoms with Crippen LogP contribution in [0.25, 0.3) is 0 Å². The van der Waals surface area contributed by atoms with E-state index in [4.69, 9.17) is 5.11 Å². The first-order valence-corrected chi connectivity index (χ1v) is 4.25. The zero-order valence-corrected chi connectivity index (χ0v) is 7.38. The fraction of sp³-hybridized carbons (Fsp3) is 0. The van der Waals surface area contributed by atoms with Gasteiger partial charge < -0.3 is 5.11 Å². The molecule has 1 amide bonds. The third-order valence-electron chi connectivity index (χ3n) is 1.33. The topological polar surface area (TPSA) is 66.4 Å². The summed E-state index contributed by atoms with van der Waals surface area (Å²) in [7, 11) is 0. The first-order valence-electron chi connectivity index (χ1n) is 3.44. The molecule has 0 bridgehead atoms. The lowest BCUT2D eigenvalue weighted by Gasteiger charge is -2.02. The molecule has 0 aliphatic rings. The van der Waals surface area contributed by atoms with Crippen LogP contribution in [0.2, 0.25) is 0 Å². The summed E-state index contributed by atoms with van der Waals surface area (Å²) in [6, 6.07) is 6.46. The lowest BCUT2D eigenvalue weighted by Crippen LogP contribution is -2.03. The lowest BCUT2D eigenvalue weighted by atomic mass is 10.2. The van der Waals surface area contributed by atoms with Crippen molar-refractivity contribution in [2.75, 3.05) is 0 Å². The maximum atomic E-state index is 10.7. The molecule has 0 fully saturated rings. The summed E-state index contributed by atoms with van der Waals surface area (Å²) < 4.78 is 2.33. The first-order chi connectivity index (χ1) is 6.25. The number of amides is 1. The Morgan fingerprint density at radius 1 is 1.46 bits per heavy atom. The maximum absolute atomic E-state index is 10.7. The smallest absolute Gasteiger partial charge is 0.336 e. The highest BCUT2D eigenvalue weighted by atomic mass is 32.2. The minimum Gasteiger partial charge on any atom is -0.478 e. The van der Waals surface area contributed by atoms with Gasteiger partial charge in [-0.1, -0.05) is 12.1 Å². The molecule has 0 aromatic heterocycles. The van der Waals surface area contributed by atoms with Crippen molar-refractivity contribution in [1.82, 2.24) is 4.72 Å². The van der Waals surface area contributed by atoms with Gasteiger partial charge in [-0.2, -0.15) is 0 Å². The number of hydrogen-bond donors (Lipinski definition) is 2. The summed E-state index contributed by atoms with van der Waals surface area (Å²) in [4.78, 5) is 21.2. The van der Waals surface area contributed by atoms with E-state index in [1.54, 1.807) is 18.2 Å². The Bertz CT molecular complexity index is 327.